The van der Waals surface area contributed by atoms with Crippen LogP contribution in [0.5, 0.6) is 5.75 Å². The number of quaternary nitrogens is 2. The predicted octanol–water partition coefficient (Wildman–Crippen LogP) is -3.51. The molecule has 0 spiro atoms. The van der Waals surface area contributed by atoms with Crippen molar-refractivity contribution in [3.8, 4) is 5.75 Å². The smallest absolute Gasteiger partial charge is 0.348 e. The molecule has 0 fully saturated rings. The zero-order valence-electron chi connectivity index (χ0n) is 16.0. The molecule has 0 aromatic carbocycles. The Morgan fingerprint density at radius 1 is 1.30 bits per heavy atom. The summed E-state index contributed by atoms with van der Waals surface area (Å²) in [7, 11) is 2.83. The van der Waals surface area contributed by atoms with Crippen molar-refractivity contribution in [2.24, 2.45) is 10.8 Å². The van der Waals surface area contributed by atoms with Gasteiger partial charge in [0.15, 0.2) is 5.11 Å². The van der Waals surface area contributed by atoms with Gasteiger partial charge in [0.2, 0.25) is 0 Å². The highest BCUT2D eigenvalue weighted by atomic mass is 32.3. The van der Waals surface area contributed by atoms with Crippen LogP contribution in [0.4, 0.5) is 0 Å². The molecule has 0 saturated carbocycles. The van der Waals surface area contributed by atoms with E-state index < -0.39 is 16.0 Å². The number of aromatic hydroxyl groups is 1. The average Bonchev–Trinajstić information content (AvgIpc) is 2.44. The molecular weight excluding hydrogens is 402 g/mol. The average molecular weight is 430 g/mol. The molecule has 1 aromatic heterocycles. The van der Waals surface area contributed by atoms with Crippen LogP contribution < -0.4 is 27.4 Å². The quantitative estimate of drug-likeness (QED) is 0.103. The van der Waals surface area contributed by atoms with Crippen molar-refractivity contribution in [3.05, 3.63) is 27.8 Å². The first-order chi connectivity index (χ1) is 12.2. The SMILES string of the molecule is C/C(=N\NC(N)=S)c1c(O)cc(C)oc1=O.C[NH2+]C.C[NH2+]C.O=S(=O)([O-])[O-]. The molecule has 0 aliphatic carbocycles. The first-order valence-electron chi connectivity index (χ1n) is 7.33. The van der Waals surface area contributed by atoms with Crippen molar-refractivity contribution in [1.82, 2.24) is 5.43 Å². The van der Waals surface area contributed by atoms with E-state index in [1.54, 1.807) is 6.92 Å². The van der Waals surface area contributed by atoms with E-state index in [4.69, 9.17) is 27.7 Å². The molecule has 0 bridgehead atoms. The van der Waals surface area contributed by atoms with Gasteiger partial charge in [0, 0.05) is 16.5 Å². The zero-order valence-corrected chi connectivity index (χ0v) is 17.6. The van der Waals surface area contributed by atoms with Crippen molar-refractivity contribution in [2.45, 2.75) is 13.8 Å². The fraction of sp³-hybridized carbons (Fsp3) is 0.462. The number of nitrogens with two attached hydrogens (primary N) is 3. The summed E-state index contributed by atoms with van der Waals surface area (Å²) < 4.78 is 38.9. The standard InChI is InChI=1S/C9H11N3O3S.2C2H7N.H2O4S/c1-4-3-6(13)7(8(14)15-4)5(2)11-12-9(10)16;2*1-3-2;1-5(2,3)4/h3,13H,1-2H3,(H3,10,12,16);2*3H,1-2H3;(H2,1,2,3,4)/b11-5+;;;. The second-order valence-corrected chi connectivity index (χ2v) is 5.90. The van der Waals surface area contributed by atoms with Crippen LogP contribution in [0.15, 0.2) is 20.4 Å². The monoisotopic (exact) mass is 429 g/mol. The van der Waals surface area contributed by atoms with E-state index in [2.05, 4.69) is 22.7 Å². The van der Waals surface area contributed by atoms with Crippen molar-refractivity contribution in [3.63, 3.8) is 0 Å². The molecule has 0 radical (unpaired) electrons. The third-order valence-electron chi connectivity index (χ3n) is 1.75. The van der Waals surface area contributed by atoms with Gasteiger partial charge in [-0.3, -0.25) is 13.8 Å². The van der Waals surface area contributed by atoms with Gasteiger partial charge in [0.25, 0.3) is 0 Å². The van der Waals surface area contributed by atoms with Gasteiger partial charge < -0.3 is 35.0 Å². The largest absolute Gasteiger partial charge is 0.759 e. The van der Waals surface area contributed by atoms with E-state index >= 15 is 0 Å². The molecule has 1 aromatic rings. The molecule has 0 saturated heterocycles. The number of aryl methyl sites for hydroxylation is 1. The van der Waals surface area contributed by atoms with E-state index in [0.29, 0.717) is 5.76 Å². The summed E-state index contributed by atoms with van der Waals surface area (Å²) in [6.45, 7) is 3.08. The van der Waals surface area contributed by atoms with E-state index in [0.717, 1.165) is 0 Å². The number of hydrogen-bond donors (Lipinski definition) is 5. The lowest BCUT2D eigenvalue weighted by atomic mass is 10.2. The van der Waals surface area contributed by atoms with Crippen LogP contribution in [0.1, 0.15) is 18.2 Å². The fourth-order valence-electron chi connectivity index (χ4n) is 1.12. The third-order valence-corrected chi connectivity index (χ3v) is 1.84. The molecule has 27 heavy (non-hydrogen) atoms. The second-order valence-electron chi connectivity index (χ2n) is 4.64. The summed E-state index contributed by atoms with van der Waals surface area (Å²) in [5, 5.41) is 17.3. The van der Waals surface area contributed by atoms with Gasteiger partial charge in [0.05, 0.1) is 33.9 Å². The van der Waals surface area contributed by atoms with Gasteiger partial charge in [-0.25, -0.2) is 4.79 Å². The molecule has 0 aliphatic heterocycles. The molecule has 12 nitrogen and oxygen atoms in total. The molecule has 0 atom stereocenters. The minimum Gasteiger partial charge on any atom is -0.759 e. The highest BCUT2D eigenvalue weighted by Gasteiger charge is 2.12. The molecule has 0 aliphatic rings. The Kier molecular flexibility index (Phi) is 17.7. The molecule has 0 amide bonds. The van der Waals surface area contributed by atoms with Gasteiger partial charge >= 0.3 is 5.63 Å². The van der Waals surface area contributed by atoms with Crippen LogP contribution >= 0.6 is 12.2 Å². The third kappa shape index (κ3) is 21.9. The Bertz CT molecular complexity index is 738. The van der Waals surface area contributed by atoms with Crippen LogP contribution in [0.3, 0.4) is 0 Å². The van der Waals surface area contributed by atoms with Gasteiger partial charge in [0.1, 0.15) is 17.1 Å². The summed E-state index contributed by atoms with van der Waals surface area (Å²) in [4.78, 5) is 11.4. The van der Waals surface area contributed by atoms with Crippen LogP contribution in [-0.2, 0) is 10.4 Å². The van der Waals surface area contributed by atoms with Gasteiger partial charge in [-0.05, 0) is 26.1 Å². The minimum atomic E-state index is -5.17. The Balaban J connectivity index is -0.000000433. The van der Waals surface area contributed by atoms with Crippen LogP contribution in [0, 0.1) is 6.92 Å². The van der Waals surface area contributed by atoms with E-state index in [1.165, 1.54) is 13.0 Å². The van der Waals surface area contributed by atoms with Crippen LogP contribution in [0.25, 0.3) is 0 Å². The maximum Gasteiger partial charge on any atom is 0.348 e. The van der Waals surface area contributed by atoms with Crippen molar-refractivity contribution in [1.29, 1.82) is 0 Å². The predicted molar refractivity (Wildman–Crippen MR) is 102 cm³/mol. The zero-order chi connectivity index (χ0) is 22.2. The maximum atomic E-state index is 11.4. The molecular formula is C13H27N5O7S2. The minimum absolute atomic E-state index is 0.0191. The Hall–Kier alpha value is -2.10. The normalized spacial score (nSPS) is 10.1. The van der Waals surface area contributed by atoms with E-state index in [9.17, 15) is 9.90 Å². The lowest BCUT2D eigenvalue weighted by Gasteiger charge is -2.06. The van der Waals surface area contributed by atoms with Gasteiger partial charge in [-0.2, -0.15) is 5.10 Å². The van der Waals surface area contributed by atoms with Crippen LogP contribution in [-0.4, -0.2) is 61.6 Å². The maximum absolute atomic E-state index is 11.4. The molecule has 1 rings (SSSR count). The summed E-state index contributed by atoms with van der Waals surface area (Å²) in [6.07, 6.45) is 0. The summed E-state index contributed by atoms with van der Waals surface area (Å²) in [5.41, 5.74) is 7.04. The number of thiocarbonyl (C=S) groups is 1. The second kappa shape index (κ2) is 16.1. The Morgan fingerprint density at radius 3 is 1.96 bits per heavy atom. The Labute approximate surface area is 163 Å². The lowest BCUT2D eigenvalue weighted by Crippen LogP contribution is -2.74. The topological polar surface area (TPSA) is 214 Å². The van der Waals surface area contributed by atoms with Crippen molar-refractivity contribution >= 4 is 33.4 Å². The molecule has 158 valence electrons. The molecule has 0 unspecified atom stereocenters. The first-order valence-corrected chi connectivity index (χ1v) is 9.07. The summed E-state index contributed by atoms with van der Waals surface area (Å²) in [6, 6.07) is 1.33. The number of hydrogen-bond acceptors (Lipinski definition) is 9. The number of nitrogens with zero attached hydrogens (tertiary/aromatic N) is 1. The lowest BCUT2D eigenvalue weighted by molar-refractivity contribution is -0.597. The fourth-order valence-corrected chi connectivity index (χ4v) is 1.17. The number of nitrogens with one attached hydrogen (secondary N) is 1. The first kappa shape index (κ1) is 29.7. The highest BCUT2D eigenvalue weighted by molar-refractivity contribution is 7.80. The van der Waals surface area contributed by atoms with Gasteiger partial charge in [-0.15, -0.1) is 0 Å². The molecule has 14 heteroatoms. The van der Waals surface area contributed by atoms with E-state index in [1.807, 2.05) is 38.8 Å². The van der Waals surface area contributed by atoms with Crippen molar-refractivity contribution < 1.29 is 37.7 Å². The molecule has 1 heterocycles. The summed E-state index contributed by atoms with van der Waals surface area (Å²) >= 11 is 4.55. The summed E-state index contributed by atoms with van der Waals surface area (Å²) in [5.74, 6) is 0.126. The van der Waals surface area contributed by atoms with Crippen molar-refractivity contribution in [2.75, 3.05) is 28.2 Å². The number of rotatable bonds is 2. The van der Waals surface area contributed by atoms with Crippen LogP contribution in [0.2, 0.25) is 0 Å². The van der Waals surface area contributed by atoms with E-state index in [-0.39, 0.29) is 22.1 Å². The Morgan fingerprint density at radius 2 is 1.67 bits per heavy atom. The highest BCUT2D eigenvalue weighted by Crippen LogP contribution is 2.14. The number of hydrazone groups is 1. The van der Waals surface area contributed by atoms with Gasteiger partial charge in [-0.1, -0.05) is 0 Å². The molecule has 8 N–H and O–H groups in total.